The average molecular weight is 374 g/mol. The van der Waals surface area contributed by atoms with Crippen molar-refractivity contribution in [3.63, 3.8) is 0 Å². The van der Waals surface area contributed by atoms with Crippen LogP contribution in [0.2, 0.25) is 0 Å². The van der Waals surface area contributed by atoms with Crippen molar-refractivity contribution < 1.29 is 18.0 Å². The van der Waals surface area contributed by atoms with Crippen molar-refractivity contribution >= 4 is 5.91 Å². The van der Waals surface area contributed by atoms with E-state index in [1.165, 1.54) is 17.7 Å². The Kier molecular flexibility index (Phi) is 4.46. The maximum Gasteiger partial charge on any atom is 0.416 e. The van der Waals surface area contributed by atoms with Crippen molar-refractivity contribution in [2.24, 2.45) is 11.8 Å². The SMILES string of the molecule is CN1C[C@H]2CN(C(=O)c3cccc(C(F)(F)F)c3)C[C@H]2[C@@H]1c1ccccc1. The third-order valence-electron chi connectivity index (χ3n) is 5.76. The minimum atomic E-state index is -4.45. The number of carbonyl (C=O) groups excluding carboxylic acids is 1. The molecule has 0 bridgehead atoms. The first-order valence-corrected chi connectivity index (χ1v) is 9.06. The summed E-state index contributed by atoms with van der Waals surface area (Å²) in [7, 11) is 2.09. The molecule has 2 saturated heterocycles. The molecule has 2 heterocycles. The summed E-state index contributed by atoms with van der Waals surface area (Å²) < 4.78 is 38.8. The normalized spacial score (nSPS) is 25.6. The Balaban J connectivity index is 1.54. The highest BCUT2D eigenvalue weighted by atomic mass is 19.4. The minimum Gasteiger partial charge on any atom is -0.338 e. The first kappa shape index (κ1) is 18.0. The van der Waals surface area contributed by atoms with Crippen LogP contribution < -0.4 is 0 Å². The van der Waals surface area contributed by atoms with E-state index in [0.29, 0.717) is 24.9 Å². The van der Waals surface area contributed by atoms with Crippen LogP contribution in [-0.2, 0) is 6.18 Å². The van der Waals surface area contributed by atoms with Gasteiger partial charge in [-0.15, -0.1) is 0 Å². The molecule has 0 saturated carbocycles. The van der Waals surface area contributed by atoms with Crippen molar-refractivity contribution in [3.05, 3.63) is 71.3 Å². The Morgan fingerprint density at radius 2 is 1.74 bits per heavy atom. The zero-order valence-corrected chi connectivity index (χ0v) is 15.0. The van der Waals surface area contributed by atoms with Gasteiger partial charge in [0.05, 0.1) is 5.56 Å². The number of alkyl halides is 3. The van der Waals surface area contributed by atoms with Gasteiger partial charge in [-0.05, 0) is 36.7 Å². The first-order valence-electron chi connectivity index (χ1n) is 9.06. The lowest BCUT2D eigenvalue weighted by Gasteiger charge is -2.27. The molecule has 27 heavy (non-hydrogen) atoms. The zero-order chi connectivity index (χ0) is 19.2. The van der Waals surface area contributed by atoms with E-state index in [4.69, 9.17) is 0 Å². The lowest BCUT2D eigenvalue weighted by molar-refractivity contribution is -0.137. The molecule has 4 rings (SSSR count). The second-order valence-corrected chi connectivity index (χ2v) is 7.51. The maximum atomic E-state index is 12.9. The standard InChI is InChI=1S/C21H21F3N2O/c1-25-11-16-12-26(13-18(16)19(25)14-6-3-2-4-7-14)20(27)15-8-5-9-17(10-15)21(22,23)24/h2-10,16,18-19H,11-13H2,1H3/t16-,18+,19-/m0/s1. The number of likely N-dealkylation sites (tertiary alicyclic amines) is 2. The highest BCUT2D eigenvalue weighted by Crippen LogP contribution is 2.44. The fourth-order valence-corrected chi connectivity index (χ4v) is 4.59. The van der Waals surface area contributed by atoms with Gasteiger partial charge in [0, 0.05) is 37.2 Å². The summed E-state index contributed by atoms with van der Waals surface area (Å²) in [5.74, 6) is 0.326. The van der Waals surface area contributed by atoms with Crippen LogP contribution in [0.1, 0.15) is 27.5 Å². The molecule has 1 amide bonds. The van der Waals surface area contributed by atoms with Gasteiger partial charge in [0.1, 0.15) is 0 Å². The van der Waals surface area contributed by atoms with Crippen LogP contribution in [0.25, 0.3) is 0 Å². The van der Waals surface area contributed by atoms with Crippen LogP contribution in [0, 0.1) is 11.8 Å². The Morgan fingerprint density at radius 1 is 1.00 bits per heavy atom. The van der Waals surface area contributed by atoms with E-state index >= 15 is 0 Å². The van der Waals surface area contributed by atoms with Gasteiger partial charge in [0.25, 0.3) is 5.91 Å². The van der Waals surface area contributed by atoms with E-state index < -0.39 is 11.7 Å². The monoisotopic (exact) mass is 374 g/mol. The van der Waals surface area contributed by atoms with Gasteiger partial charge in [-0.1, -0.05) is 36.4 Å². The largest absolute Gasteiger partial charge is 0.416 e. The van der Waals surface area contributed by atoms with Gasteiger partial charge in [-0.25, -0.2) is 0 Å². The van der Waals surface area contributed by atoms with Crippen molar-refractivity contribution in [1.29, 1.82) is 0 Å². The second kappa shape index (κ2) is 6.68. The minimum absolute atomic E-state index is 0.106. The Hall–Kier alpha value is -2.34. The summed E-state index contributed by atoms with van der Waals surface area (Å²) in [6.45, 7) is 2.05. The molecule has 2 aromatic rings. The van der Waals surface area contributed by atoms with Crippen LogP contribution in [0.3, 0.4) is 0 Å². The second-order valence-electron chi connectivity index (χ2n) is 7.51. The molecule has 0 radical (unpaired) electrons. The van der Waals surface area contributed by atoms with E-state index in [1.54, 1.807) is 4.90 Å². The highest BCUT2D eigenvalue weighted by Gasteiger charge is 2.47. The molecule has 0 unspecified atom stereocenters. The third kappa shape index (κ3) is 3.34. The fraction of sp³-hybridized carbons (Fsp3) is 0.381. The molecule has 0 aromatic heterocycles. The number of halogens is 3. The van der Waals surface area contributed by atoms with Crippen molar-refractivity contribution in [3.8, 4) is 0 Å². The number of amides is 1. The van der Waals surface area contributed by atoms with Crippen LogP contribution in [0.5, 0.6) is 0 Å². The quantitative estimate of drug-likeness (QED) is 0.791. The molecule has 2 fully saturated rings. The van der Waals surface area contributed by atoms with Gasteiger partial charge >= 0.3 is 6.18 Å². The zero-order valence-electron chi connectivity index (χ0n) is 15.0. The Morgan fingerprint density at radius 3 is 2.44 bits per heavy atom. The number of fused-ring (bicyclic) bond motifs is 1. The van der Waals surface area contributed by atoms with Crippen LogP contribution in [0.4, 0.5) is 13.2 Å². The van der Waals surface area contributed by atoms with E-state index in [1.807, 2.05) is 18.2 Å². The van der Waals surface area contributed by atoms with Gasteiger partial charge < -0.3 is 4.90 Å². The van der Waals surface area contributed by atoms with Crippen LogP contribution in [0.15, 0.2) is 54.6 Å². The molecule has 3 atom stereocenters. The number of hydrogen-bond donors (Lipinski definition) is 0. The predicted molar refractivity (Wildman–Crippen MR) is 96.1 cm³/mol. The Labute approximate surface area is 156 Å². The van der Waals surface area contributed by atoms with E-state index in [0.717, 1.165) is 18.7 Å². The number of benzene rings is 2. The van der Waals surface area contributed by atoms with Crippen molar-refractivity contribution in [1.82, 2.24) is 9.80 Å². The Bertz CT molecular complexity index is 837. The average Bonchev–Trinajstić information content (AvgIpc) is 3.17. The lowest BCUT2D eigenvalue weighted by atomic mass is 9.90. The molecule has 2 aliphatic heterocycles. The molecule has 2 aliphatic rings. The summed E-state index contributed by atoms with van der Waals surface area (Å²) >= 11 is 0. The number of carbonyl (C=O) groups is 1. The lowest BCUT2D eigenvalue weighted by Crippen LogP contribution is -2.33. The van der Waals surface area contributed by atoms with Gasteiger partial charge in [0.15, 0.2) is 0 Å². The smallest absolute Gasteiger partial charge is 0.338 e. The fourth-order valence-electron chi connectivity index (χ4n) is 4.59. The molecule has 142 valence electrons. The molecule has 3 nitrogen and oxygen atoms in total. The highest BCUT2D eigenvalue weighted by molar-refractivity contribution is 5.94. The molecule has 0 aliphatic carbocycles. The van der Waals surface area contributed by atoms with Crippen molar-refractivity contribution in [2.45, 2.75) is 12.2 Å². The van der Waals surface area contributed by atoms with Gasteiger partial charge in [0.2, 0.25) is 0 Å². The summed E-state index contributed by atoms with van der Waals surface area (Å²) in [4.78, 5) is 16.9. The topological polar surface area (TPSA) is 23.6 Å². The molecule has 2 aromatic carbocycles. The third-order valence-corrected chi connectivity index (χ3v) is 5.76. The molecule has 0 spiro atoms. The molecular formula is C21H21F3N2O. The summed E-state index contributed by atoms with van der Waals surface area (Å²) in [5, 5.41) is 0. The van der Waals surface area contributed by atoms with Crippen molar-refractivity contribution in [2.75, 3.05) is 26.7 Å². The molecular weight excluding hydrogens is 353 g/mol. The molecule has 6 heteroatoms. The number of hydrogen-bond acceptors (Lipinski definition) is 2. The van der Waals surface area contributed by atoms with Gasteiger partial charge in [-0.2, -0.15) is 13.2 Å². The number of nitrogens with zero attached hydrogens (tertiary/aromatic N) is 2. The van der Waals surface area contributed by atoms with E-state index in [-0.39, 0.29) is 17.5 Å². The van der Waals surface area contributed by atoms with Gasteiger partial charge in [-0.3, -0.25) is 9.69 Å². The summed E-state index contributed by atoms with van der Waals surface area (Å²) in [6, 6.07) is 15.1. The maximum absolute atomic E-state index is 12.9. The van der Waals surface area contributed by atoms with Crippen LogP contribution in [-0.4, -0.2) is 42.4 Å². The van der Waals surface area contributed by atoms with E-state index in [2.05, 4.69) is 24.1 Å². The summed E-state index contributed by atoms with van der Waals surface area (Å²) in [5.41, 5.74) is 0.546. The summed E-state index contributed by atoms with van der Waals surface area (Å²) in [6.07, 6.45) is -4.45. The van der Waals surface area contributed by atoms with Crippen LogP contribution >= 0.6 is 0 Å². The van der Waals surface area contributed by atoms with E-state index in [9.17, 15) is 18.0 Å². The predicted octanol–water partition coefficient (Wildman–Crippen LogP) is 4.08. The number of rotatable bonds is 2. The first-order chi connectivity index (χ1) is 12.8. The molecule has 0 N–H and O–H groups in total.